The normalized spacial score (nSPS) is 14.2. The van der Waals surface area contributed by atoms with E-state index in [1.165, 1.54) is 22.1 Å². The third-order valence-corrected chi connectivity index (χ3v) is 4.63. The molecule has 0 aromatic heterocycles. The maximum absolute atomic E-state index is 10.4. The van der Waals surface area contributed by atoms with Crippen molar-refractivity contribution in [1.29, 1.82) is 0 Å². The van der Waals surface area contributed by atoms with E-state index in [0.717, 1.165) is 5.75 Å². The zero-order valence-electron chi connectivity index (χ0n) is 12.4. The quantitative estimate of drug-likeness (QED) is 0.617. The monoisotopic (exact) mass is 335 g/mol. The van der Waals surface area contributed by atoms with E-state index in [1.54, 1.807) is 0 Å². The van der Waals surface area contributed by atoms with Gasteiger partial charge in [0.15, 0.2) is 0 Å². The summed E-state index contributed by atoms with van der Waals surface area (Å²) < 4.78 is 0.639. The van der Waals surface area contributed by atoms with Gasteiger partial charge in [0, 0.05) is 30.4 Å². The van der Waals surface area contributed by atoms with Crippen LogP contribution in [-0.2, 0) is 15.3 Å². The van der Waals surface area contributed by atoms with E-state index in [4.69, 9.17) is 11.8 Å². The fourth-order valence-electron chi connectivity index (χ4n) is 2.18. The van der Waals surface area contributed by atoms with Crippen LogP contribution in [0.5, 0.6) is 0 Å². The number of benzene rings is 2. The van der Waals surface area contributed by atoms with Crippen molar-refractivity contribution in [3.05, 3.63) is 48.0 Å². The summed E-state index contributed by atoms with van der Waals surface area (Å²) in [7, 11) is 0. The van der Waals surface area contributed by atoms with Gasteiger partial charge in [-0.1, -0.05) is 49.4 Å². The summed E-state index contributed by atoms with van der Waals surface area (Å²) in [6.45, 7) is 2.20. The molecule has 0 radical (unpaired) electrons. The van der Waals surface area contributed by atoms with Crippen LogP contribution in [0.15, 0.2) is 42.5 Å². The van der Waals surface area contributed by atoms with Crippen LogP contribution in [-0.4, -0.2) is 22.0 Å². The van der Waals surface area contributed by atoms with Crippen molar-refractivity contribution in [1.82, 2.24) is 4.42 Å². The van der Waals surface area contributed by atoms with Crippen molar-refractivity contribution in [2.45, 2.75) is 25.5 Å². The van der Waals surface area contributed by atoms with Crippen LogP contribution in [0, 0.1) is 0 Å². The van der Waals surface area contributed by atoms with Gasteiger partial charge in [-0.2, -0.15) is 16.2 Å². The lowest BCUT2D eigenvalue weighted by Crippen LogP contribution is -2.16. The van der Waals surface area contributed by atoms with Gasteiger partial charge < -0.3 is 0 Å². The molecule has 116 valence electrons. The molecule has 22 heavy (non-hydrogen) atoms. The summed E-state index contributed by atoms with van der Waals surface area (Å²) in [6, 6.07) is 15.1. The Kier molecular flexibility index (Phi) is 6.28. The number of thioether (sulfide) groups is 1. The molecule has 0 atom stereocenters. The summed E-state index contributed by atoms with van der Waals surface area (Å²) in [5.41, 5.74) is 1.45. The van der Waals surface area contributed by atoms with Gasteiger partial charge in [0.25, 0.3) is 0 Å². The van der Waals surface area contributed by atoms with Crippen LogP contribution < -0.4 is 0 Å². The van der Waals surface area contributed by atoms with E-state index in [0.29, 0.717) is 4.42 Å². The predicted octanol–water partition coefficient (Wildman–Crippen LogP) is 4.38. The molecule has 3 nitrogen and oxygen atoms in total. The van der Waals surface area contributed by atoms with Crippen molar-refractivity contribution in [3.63, 3.8) is 0 Å². The van der Waals surface area contributed by atoms with Gasteiger partial charge in [0.05, 0.1) is 0 Å². The number of amides is 2. The second-order valence-corrected chi connectivity index (χ2v) is 6.46. The Bertz CT molecular complexity index is 653. The molecule has 2 aromatic carbocycles. The Labute approximate surface area is 139 Å². The Morgan fingerprint density at radius 2 is 1.68 bits per heavy atom. The van der Waals surface area contributed by atoms with E-state index in [1.807, 2.05) is 11.8 Å². The van der Waals surface area contributed by atoms with Crippen LogP contribution >= 0.6 is 23.5 Å². The molecular weight excluding hydrogens is 318 g/mol. The fourth-order valence-corrected chi connectivity index (χ4v) is 3.02. The molecule has 2 amide bonds. The third kappa shape index (κ3) is 4.24. The zero-order chi connectivity index (χ0) is 15.9. The maximum atomic E-state index is 10.4. The van der Waals surface area contributed by atoms with Crippen molar-refractivity contribution in [3.8, 4) is 0 Å². The molecule has 1 aliphatic heterocycles. The number of imide groups is 1. The summed E-state index contributed by atoms with van der Waals surface area (Å²) in [5.74, 6) is 1.72. The SMILES string of the molecule is CCSCc1cccc2ccccc12.O=C1CCC(=O)N1Cl. The van der Waals surface area contributed by atoms with E-state index in [2.05, 4.69) is 49.4 Å². The molecule has 1 saturated heterocycles. The highest BCUT2D eigenvalue weighted by Crippen LogP contribution is 2.22. The third-order valence-electron chi connectivity index (χ3n) is 3.33. The summed E-state index contributed by atoms with van der Waals surface area (Å²) >= 11 is 7.12. The van der Waals surface area contributed by atoms with E-state index in [-0.39, 0.29) is 24.7 Å². The Hall–Kier alpha value is -1.52. The Morgan fingerprint density at radius 3 is 2.27 bits per heavy atom. The molecule has 0 unspecified atom stereocenters. The minimum Gasteiger partial charge on any atom is -0.273 e. The number of carbonyl (C=O) groups is 2. The molecule has 5 heteroatoms. The number of nitrogens with zero attached hydrogens (tertiary/aromatic N) is 1. The van der Waals surface area contributed by atoms with Crippen molar-refractivity contribution in [2.24, 2.45) is 0 Å². The lowest BCUT2D eigenvalue weighted by Gasteiger charge is -2.04. The second kappa shape index (κ2) is 8.20. The molecular formula is C17H18ClNO2S. The Balaban J connectivity index is 0.000000188. The van der Waals surface area contributed by atoms with Gasteiger partial charge in [0.2, 0.25) is 11.8 Å². The van der Waals surface area contributed by atoms with Crippen LogP contribution in [0.1, 0.15) is 25.3 Å². The standard InChI is InChI=1S/C13H14S.C4H4ClNO2/c1-2-14-10-12-8-5-7-11-6-3-4-9-13(11)12;5-6-3(7)1-2-4(6)8/h3-9H,2,10H2,1H3;1-2H2. The molecule has 0 saturated carbocycles. The van der Waals surface area contributed by atoms with Crippen molar-refractivity contribution < 1.29 is 9.59 Å². The molecule has 0 bridgehead atoms. The molecule has 1 aliphatic rings. The first-order valence-electron chi connectivity index (χ1n) is 7.19. The number of carbonyl (C=O) groups excluding carboxylic acids is 2. The topological polar surface area (TPSA) is 37.4 Å². The van der Waals surface area contributed by atoms with Crippen LogP contribution in [0.2, 0.25) is 0 Å². The predicted molar refractivity (Wildman–Crippen MR) is 92.7 cm³/mol. The first kappa shape index (κ1) is 16.8. The van der Waals surface area contributed by atoms with E-state index < -0.39 is 0 Å². The largest absolute Gasteiger partial charge is 0.273 e. The smallest absolute Gasteiger partial charge is 0.244 e. The van der Waals surface area contributed by atoms with E-state index in [9.17, 15) is 9.59 Å². The molecule has 2 aromatic rings. The lowest BCUT2D eigenvalue weighted by molar-refractivity contribution is -0.132. The minimum atomic E-state index is -0.295. The van der Waals surface area contributed by atoms with Crippen LogP contribution in [0.4, 0.5) is 0 Å². The molecule has 1 fully saturated rings. The first-order chi connectivity index (χ1) is 10.6. The van der Waals surface area contributed by atoms with Gasteiger partial charge in [-0.3, -0.25) is 9.59 Å². The van der Waals surface area contributed by atoms with E-state index >= 15 is 0 Å². The minimum absolute atomic E-state index is 0.266. The molecule has 1 heterocycles. The zero-order valence-corrected chi connectivity index (χ0v) is 14.0. The highest BCUT2D eigenvalue weighted by atomic mass is 35.5. The van der Waals surface area contributed by atoms with Gasteiger partial charge >= 0.3 is 0 Å². The fraction of sp³-hybridized carbons (Fsp3) is 0.294. The van der Waals surface area contributed by atoms with Crippen LogP contribution in [0.25, 0.3) is 10.8 Å². The second-order valence-electron chi connectivity index (χ2n) is 4.84. The van der Waals surface area contributed by atoms with Crippen molar-refractivity contribution in [2.75, 3.05) is 5.75 Å². The highest BCUT2D eigenvalue weighted by Gasteiger charge is 2.26. The van der Waals surface area contributed by atoms with Gasteiger partial charge in [-0.15, -0.1) is 0 Å². The number of fused-ring (bicyclic) bond motifs is 1. The number of halogens is 1. The van der Waals surface area contributed by atoms with Gasteiger partial charge in [-0.05, 0) is 22.1 Å². The molecule has 3 rings (SSSR count). The molecule has 0 N–H and O–H groups in total. The summed E-state index contributed by atoms with van der Waals surface area (Å²) in [6.07, 6.45) is 0.532. The summed E-state index contributed by atoms with van der Waals surface area (Å²) in [5, 5.41) is 2.75. The van der Waals surface area contributed by atoms with Crippen LogP contribution in [0.3, 0.4) is 0 Å². The average Bonchev–Trinajstić information content (AvgIpc) is 2.84. The number of rotatable bonds is 3. The highest BCUT2D eigenvalue weighted by molar-refractivity contribution is 7.98. The molecule has 0 spiro atoms. The first-order valence-corrected chi connectivity index (χ1v) is 8.68. The van der Waals surface area contributed by atoms with Crippen molar-refractivity contribution >= 4 is 46.1 Å². The maximum Gasteiger partial charge on any atom is 0.244 e. The Morgan fingerprint density at radius 1 is 1.05 bits per heavy atom. The number of hydrogen-bond acceptors (Lipinski definition) is 3. The van der Waals surface area contributed by atoms with Gasteiger partial charge in [0.1, 0.15) is 0 Å². The molecule has 0 aliphatic carbocycles. The lowest BCUT2D eigenvalue weighted by atomic mass is 10.1. The summed E-state index contributed by atoms with van der Waals surface area (Å²) in [4.78, 5) is 20.7. The number of hydrogen-bond donors (Lipinski definition) is 0. The van der Waals surface area contributed by atoms with Gasteiger partial charge in [-0.25, -0.2) is 0 Å². The average molecular weight is 336 g/mol.